The first-order chi connectivity index (χ1) is 21.0. The van der Waals surface area contributed by atoms with Gasteiger partial charge in [0.1, 0.15) is 17.0 Å². The van der Waals surface area contributed by atoms with Crippen LogP contribution in [0.15, 0.2) is 54.9 Å². The van der Waals surface area contributed by atoms with Crippen LogP contribution in [0.25, 0.3) is 33.6 Å². The maximum absolute atomic E-state index is 14.7. The van der Waals surface area contributed by atoms with E-state index in [2.05, 4.69) is 35.4 Å². The van der Waals surface area contributed by atoms with Gasteiger partial charge in [0.15, 0.2) is 11.6 Å². The number of nitrogens with zero attached hydrogens (tertiary/aromatic N) is 5. The van der Waals surface area contributed by atoms with Crippen molar-refractivity contribution in [2.24, 2.45) is 17.8 Å². The van der Waals surface area contributed by atoms with Crippen LogP contribution in [0.4, 0.5) is 10.2 Å². The van der Waals surface area contributed by atoms with Crippen LogP contribution in [-0.4, -0.2) is 42.8 Å². The number of pyridine rings is 1. The molecule has 0 saturated heterocycles. The summed E-state index contributed by atoms with van der Waals surface area (Å²) in [5, 5.41) is 9.48. The second-order valence-electron chi connectivity index (χ2n) is 12.5. The van der Waals surface area contributed by atoms with E-state index in [9.17, 15) is 9.18 Å². The molecule has 0 radical (unpaired) electrons. The number of anilines is 1. The first-order valence-electron chi connectivity index (χ1n) is 15.6. The molecule has 1 N–H and O–H groups in total. The number of ether oxygens (including phenoxy) is 1. The highest BCUT2D eigenvalue weighted by atomic mass is 19.1. The summed E-state index contributed by atoms with van der Waals surface area (Å²) in [6, 6.07) is 13.7. The van der Waals surface area contributed by atoms with E-state index in [1.165, 1.54) is 12.3 Å². The Hall–Kier alpha value is -4.27. The Morgan fingerprint density at radius 2 is 1.86 bits per heavy atom. The number of hydrogen-bond acceptors (Lipinski definition) is 6. The van der Waals surface area contributed by atoms with Crippen molar-refractivity contribution in [2.45, 2.75) is 64.3 Å². The minimum absolute atomic E-state index is 0.0650. The van der Waals surface area contributed by atoms with Gasteiger partial charge in [0.25, 0.3) is 0 Å². The lowest BCUT2D eigenvalue weighted by Crippen LogP contribution is -2.52. The van der Waals surface area contributed by atoms with Crippen LogP contribution in [-0.2, 0) is 9.53 Å². The molecule has 4 fully saturated rings. The summed E-state index contributed by atoms with van der Waals surface area (Å²) in [4.78, 5) is 22.9. The summed E-state index contributed by atoms with van der Waals surface area (Å²) < 4.78 is 24.3. The minimum Gasteiger partial charge on any atom is -0.466 e. The molecule has 4 saturated carbocycles. The fraction of sp³-hybridized carbons (Fsp3) is 0.412. The van der Waals surface area contributed by atoms with E-state index < -0.39 is 5.82 Å². The zero-order valence-electron chi connectivity index (χ0n) is 24.5. The van der Waals surface area contributed by atoms with Gasteiger partial charge in [0, 0.05) is 40.5 Å². The standard InChI is InChI=1S/C34H35FN6O2/c1-3-43-34(42)29-21-10-12-22(13-11-21)30(29)37-32-28-15-14-27(20-8-9-20)41(28)39-31(38-32)25-18-40(26-7-5-4-6-19(26)2)33-24(25)16-23(35)17-36-33/h4-7,14-18,20-22,29-30H,3,8-13H2,1-2H3,(H,37,38,39)/t21?,22?,29-,30-/m1/s1. The molecular formula is C34H35FN6O2. The molecule has 0 amide bonds. The lowest BCUT2D eigenvalue weighted by molar-refractivity contribution is -0.154. The number of carbonyl (C=O) groups excluding carboxylic acids is 1. The normalized spacial score (nSPS) is 23.2. The zero-order valence-corrected chi connectivity index (χ0v) is 24.5. The molecule has 2 bridgehead atoms. The second-order valence-corrected chi connectivity index (χ2v) is 12.5. The maximum atomic E-state index is 14.7. The van der Waals surface area contributed by atoms with Crippen molar-refractivity contribution in [3.05, 3.63) is 71.9 Å². The summed E-state index contributed by atoms with van der Waals surface area (Å²) in [7, 11) is 0. The number of hydrogen-bond donors (Lipinski definition) is 1. The number of esters is 1. The molecule has 8 nitrogen and oxygen atoms in total. The van der Waals surface area contributed by atoms with Crippen molar-refractivity contribution < 1.29 is 13.9 Å². The molecule has 0 aliphatic heterocycles. The van der Waals surface area contributed by atoms with E-state index in [1.54, 1.807) is 0 Å². The molecule has 0 spiro atoms. The molecule has 4 heterocycles. The monoisotopic (exact) mass is 578 g/mol. The van der Waals surface area contributed by atoms with Crippen molar-refractivity contribution in [2.75, 3.05) is 11.9 Å². The van der Waals surface area contributed by atoms with Crippen molar-refractivity contribution in [1.29, 1.82) is 0 Å². The highest BCUT2D eigenvalue weighted by Crippen LogP contribution is 2.47. The number of nitrogens with one attached hydrogen (secondary N) is 1. The quantitative estimate of drug-likeness (QED) is 0.213. The summed E-state index contributed by atoms with van der Waals surface area (Å²) in [5.41, 5.74) is 5.44. The molecule has 4 aliphatic carbocycles. The van der Waals surface area contributed by atoms with E-state index >= 15 is 0 Å². The van der Waals surface area contributed by atoms with E-state index in [0.29, 0.717) is 52.6 Å². The van der Waals surface area contributed by atoms with E-state index in [4.69, 9.17) is 14.8 Å². The number of aryl methyl sites for hydroxylation is 1. The van der Waals surface area contributed by atoms with Crippen LogP contribution in [0.1, 0.15) is 62.6 Å². The van der Waals surface area contributed by atoms with Crippen LogP contribution in [0.3, 0.4) is 0 Å². The Labute approximate surface area is 249 Å². The topological polar surface area (TPSA) is 86.3 Å². The average molecular weight is 579 g/mol. The van der Waals surface area contributed by atoms with E-state index in [-0.39, 0.29) is 17.9 Å². The third kappa shape index (κ3) is 4.39. The Balaban J connectivity index is 1.30. The van der Waals surface area contributed by atoms with Crippen LogP contribution in [0.2, 0.25) is 0 Å². The molecular weight excluding hydrogens is 543 g/mol. The Kier molecular flexibility index (Phi) is 6.24. The number of aromatic nitrogens is 5. The largest absolute Gasteiger partial charge is 0.466 e. The third-order valence-electron chi connectivity index (χ3n) is 9.84. The van der Waals surface area contributed by atoms with Gasteiger partial charge in [-0.15, -0.1) is 5.10 Å². The Morgan fingerprint density at radius 1 is 1.07 bits per heavy atom. The van der Waals surface area contributed by atoms with Gasteiger partial charge in [-0.25, -0.2) is 18.9 Å². The van der Waals surface area contributed by atoms with Gasteiger partial charge in [0.2, 0.25) is 0 Å². The van der Waals surface area contributed by atoms with Gasteiger partial charge in [0.05, 0.1) is 18.7 Å². The lowest BCUT2D eigenvalue weighted by Gasteiger charge is -2.47. The Morgan fingerprint density at radius 3 is 2.63 bits per heavy atom. The molecule has 4 aromatic heterocycles. The average Bonchev–Trinajstić information content (AvgIpc) is 3.66. The van der Waals surface area contributed by atoms with Crippen molar-refractivity contribution in [3.63, 3.8) is 0 Å². The molecule has 9 heteroatoms. The fourth-order valence-corrected chi connectivity index (χ4v) is 7.59. The number of halogens is 1. The third-order valence-corrected chi connectivity index (χ3v) is 9.84. The van der Waals surface area contributed by atoms with Crippen molar-refractivity contribution >= 4 is 28.3 Å². The fourth-order valence-electron chi connectivity index (χ4n) is 7.59. The van der Waals surface area contributed by atoms with Crippen molar-refractivity contribution in [1.82, 2.24) is 24.1 Å². The zero-order chi connectivity index (χ0) is 29.2. The Bertz CT molecular complexity index is 1870. The summed E-state index contributed by atoms with van der Waals surface area (Å²) in [6.07, 6.45) is 9.79. The highest BCUT2D eigenvalue weighted by Gasteiger charge is 2.48. The molecule has 220 valence electrons. The molecule has 1 aromatic carbocycles. The summed E-state index contributed by atoms with van der Waals surface area (Å²) >= 11 is 0. The maximum Gasteiger partial charge on any atom is 0.311 e. The molecule has 5 aromatic rings. The van der Waals surface area contributed by atoms with E-state index in [1.807, 2.05) is 40.4 Å². The lowest BCUT2D eigenvalue weighted by atomic mass is 9.61. The van der Waals surface area contributed by atoms with Gasteiger partial charge in [-0.1, -0.05) is 18.2 Å². The molecule has 43 heavy (non-hydrogen) atoms. The van der Waals surface area contributed by atoms with Crippen LogP contribution in [0, 0.1) is 30.5 Å². The summed E-state index contributed by atoms with van der Waals surface area (Å²) in [6.45, 7) is 4.29. The molecule has 9 rings (SSSR count). The highest BCUT2D eigenvalue weighted by molar-refractivity contribution is 5.94. The number of benzene rings is 1. The van der Waals surface area contributed by atoms with Gasteiger partial charge >= 0.3 is 5.97 Å². The van der Waals surface area contributed by atoms with Gasteiger partial charge in [-0.2, -0.15) is 0 Å². The predicted octanol–water partition coefficient (Wildman–Crippen LogP) is 6.84. The summed E-state index contributed by atoms with van der Waals surface area (Å²) in [5.74, 6) is 1.61. The number of para-hydroxylation sites is 1. The van der Waals surface area contributed by atoms with Crippen LogP contribution in [0.5, 0.6) is 0 Å². The number of carbonyl (C=O) groups is 1. The second kappa shape index (κ2) is 10.2. The SMILES string of the molecule is CCOC(=O)[C@@H]1C2CCC(CC2)[C@H]1Nc1nc(-c2cn(-c3ccccc3C)c3ncc(F)cc23)nn2c(C3CC3)ccc12. The first kappa shape index (κ1) is 26.4. The minimum atomic E-state index is -0.411. The van der Waals surface area contributed by atoms with Gasteiger partial charge < -0.3 is 14.6 Å². The van der Waals surface area contributed by atoms with Gasteiger partial charge in [-0.3, -0.25) is 4.79 Å². The smallest absolute Gasteiger partial charge is 0.311 e. The number of rotatable bonds is 7. The molecule has 0 unspecified atom stereocenters. The van der Waals surface area contributed by atoms with Crippen LogP contribution >= 0.6 is 0 Å². The van der Waals surface area contributed by atoms with Crippen molar-refractivity contribution in [3.8, 4) is 17.1 Å². The first-order valence-corrected chi connectivity index (χ1v) is 15.6. The van der Waals surface area contributed by atoms with Gasteiger partial charge in [-0.05, 0) is 94.0 Å². The van der Waals surface area contributed by atoms with Crippen LogP contribution < -0.4 is 5.32 Å². The molecule has 2 atom stereocenters. The molecule has 4 aliphatic rings. The predicted molar refractivity (Wildman–Crippen MR) is 163 cm³/mol. The number of fused-ring (bicyclic) bond motifs is 5. The van der Waals surface area contributed by atoms with E-state index in [0.717, 1.165) is 61.0 Å².